The van der Waals surface area contributed by atoms with Crippen molar-refractivity contribution in [3.05, 3.63) is 59.3 Å². The number of piperidine rings is 2. The van der Waals surface area contributed by atoms with E-state index < -0.39 is 11.7 Å². The molecular formula is C25H27F3N4O. The number of alkyl halides is 3. The highest BCUT2D eigenvalue weighted by atomic mass is 19.4. The summed E-state index contributed by atoms with van der Waals surface area (Å²) >= 11 is 0. The predicted octanol–water partition coefficient (Wildman–Crippen LogP) is 5.59. The third-order valence-electron chi connectivity index (χ3n) is 6.86. The molecule has 1 aromatic carbocycles. The number of carbonyl (C=O) groups excluding carboxylic acids is 1. The van der Waals surface area contributed by atoms with Crippen molar-refractivity contribution in [3.8, 4) is 0 Å². The Balaban J connectivity index is 1.28. The first kappa shape index (κ1) is 21.8. The molecule has 2 aromatic heterocycles. The number of anilines is 1. The molecule has 0 radical (unpaired) electrons. The van der Waals surface area contributed by atoms with Crippen LogP contribution in [0.1, 0.15) is 59.6 Å². The second kappa shape index (κ2) is 8.72. The molecule has 5 nitrogen and oxygen atoms in total. The second-order valence-corrected chi connectivity index (χ2v) is 8.98. The van der Waals surface area contributed by atoms with Crippen molar-refractivity contribution in [2.24, 2.45) is 0 Å². The number of nitrogens with one attached hydrogen (secondary N) is 1. The average molecular weight is 457 g/mol. The fourth-order valence-electron chi connectivity index (χ4n) is 5.09. The molecule has 8 heteroatoms. The van der Waals surface area contributed by atoms with Gasteiger partial charge in [-0.1, -0.05) is 18.2 Å². The fourth-order valence-corrected chi connectivity index (χ4v) is 5.09. The number of aromatic nitrogens is 2. The summed E-state index contributed by atoms with van der Waals surface area (Å²) in [5, 5.41) is 0. The van der Waals surface area contributed by atoms with Crippen LogP contribution in [-0.2, 0) is 6.18 Å². The number of rotatable bonds is 3. The molecule has 174 valence electrons. The van der Waals surface area contributed by atoms with Crippen molar-refractivity contribution in [1.82, 2.24) is 14.9 Å². The van der Waals surface area contributed by atoms with Gasteiger partial charge >= 0.3 is 6.18 Å². The molecule has 0 unspecified atom stereocenters. The van der Waals surface area contributed by atoms with Crippen LogP contribution >= 0.6 is 0 Å². The lowest BCUT2D eigenvalue weighted by atomic mass is 9.86. The topological polar surface area (TPSA) is 52.2 Å². The van der Waals surface area contributed by atoms with E-state index in [4.69, 9.17) is 4.98 Å². The molecule has 2 aliphatic rings. The van der Waals surface area contributed by atoms with Gasteiger partial charge in [-0.3, -0.25) is 4.79 Å². The maximum atomic E-state index is 13.4. The maximum Gasteiger partial charge on any atom is 0.416 e. The smallest absolute Gasteiger partial charge is 0.357 e. The first-order chi connectivity index (χ1) is 15.9. The number of likely N-dealkylation sites (tertiary alicyclic amines) is 1. The fraction of sp³-hybridized carbons (Fsp3) is 0.440. The highest BCUT2D eigenvalue weighted by Gasteiger charge is 2.36. The van der Waals surface area contributed by atoms with Crippen molar-refractivity contribution in [3.63, 3.8) is 0 Å². The van der Waals surface area contributed by atoms with E-state index in [2.05, 4.69) is 9.88 Å². The van der Waals surface area contributed by atoms with Gasteiger partial charge in [-0.2, -0.15) is 13.2 Å². The summed E-state index contributed by atoms with van der Waals surface area (Å²) < 4.78 is 40.2. The molecule has 1 N–H and O–H groups in total. The van der Waals surface area contributed by atoms with Gasteiger partial charge in [0.25, 0.3) is 5.91 Å². The van der Waals surface area contributed by atoms with Crippen LogP contribution in [0.25, 0.3) is 11.0 Å². The van der Waals surface area contributed by atoms with Crippen molar-refractivity contribution in [2.45, 2.75) is 44.2 Å². The molecule has 5 rings (SSSR count). The number of carbonyl (C=O) groups is 1. The molecule has 2 saturated heterocycles. The van der Waals surface area contributed by atoms with Crippen molar-refractivity contribution in [2.75, 3.05) is 31.1 Å². The number of halogens is 3. The van der Waals surface area contributed by atoms with Crippen molar-refractivity contribution < 1.29 is 18.0 Å². The zero-order valence-corrected chi connectivity index (χ0v) is 18.4. The van der Waals surface area contributed by atoms with Crippen molar-refractivity contribution in [1.29, 1.82) is 0 Å². The van der Waals surface area contributed by atoms with Gasteiger partial charge in [-0.05, 0) is 67.9 Å². The summed E-state index contributed by atoms with van der Waals surface area (Å²) in [4.78, 5) is 25.0. The first-order valence-corrected chi connectivity index (χ1v) is 11.6. The van der Waals surface area contributed by atoms with Gasteiger partial charge < -0.3 is 14.8 Å². The highest BCUT2D eigenvalue weighted by molar-refractivity contribution is 5.97. The number of aromatic amines is 1. The van der Waals surface area contributed by atoms with E-state index >= 15 is 0 Å². The molecule has 0 aliphatic carbocycles. The van der Waals surface area contributed by atoms with E-state index in [1.807, 2.05) is 12.1 Å². The molecule has 0 bridgehead atoms. The molecule has 4 heterocycles. The lowest BCUT2D eigenvalue weighted by molar-refractivity contribution is -0.138. The highest BCUT2D eigenvalue weighted by Crippen LogP contribution is 2.38. The standard InChI is InChI=1S/C25H27F3N4O/c26-25(27,28)19-7-3-2-6-18(19)17-10-14-32(15-11-17)24(33)22-16-21-20(29-22)8-9-23(30-21)31-12-4-1-5-13-31/h2-3,6-9,16-17,29H,1,4-5,10-15H2. The summed E-state index contributed by atoms with van der Waals surface area (Å²) in [7, 11) is 0. The van der Waals surface area contributed by atoms with E-state index in [0.717, 1.165) is 36.0 Å². The quantitative estimate of drug-likeness (QED) is 0.559. The van der Waals surface area contributed by atoms with Crippen LogP contribution < -0.4 is 4.90 Å². The molecule has 0 atom stereocenters. The zero-order chi connectivity index (χ0) is 23.0. The summed E-state index contributed by atoms with van der Waals surface area (Å²) in [6, 6.07) is 11.5. The number of H-pyrrole nitrogens is 1. The van der Waals surface area contributed by atoms with Crippen LogP contribution in [0.4, 0.5) is 19.0 Å². The van der Waals surface area contributed by atoms with Gasteiger partial charge in [-0.25, -0.2) is 4.98 Å². The third kappa shape index (κ3) is 4.43. The van der Waals surface area contributed by atoms with E-state index in [-0.39, 0.29) is 11.8 Å². The van der Waals surface area contributed by atoms with Crippen LogP contribution in [0.2, 0.25) is 0 Å². The number of hydrogen-bond acceptors (Lipinski definition) is 3. The SMILES string of the molecule is O=C(c1cc2nc(N3CCCCC3)ccc2[nH]1)N1CCC(c2ccccc2C(F)(F)F)CC1. The Kier molecular flexibility index (Phi) is 5.76. The Morgan fingerprint density at radius 2 is 1.70 bits per heavy atom. The Hall–Kier alpha value is -3.03. The zero-order valence-electron chi connectivity index (χ0n) is 18.4. The van der Waals surface area contributed by atoms with Gasteiger partial charge in [0.1, 0.15) is 11.5 Å². The average Bonchev–Trinajstić information content (AvgIpc) is 3.27. The van der Waals surface area contributed by atoms with Gasteiger partial charge in [-0.15, -0.1) is 0 Å². The van der Waals surface area contributed by atoms with Crippen LogP contribution in [0, 0.1) is 0 Å². The Morgan fingerprint density at radius 1 is 0.970 bits per heavy atom. The van der Waals surface area contributed by atoms with Crippen LogP contribution in [0.15, 0.2) is 42.5 Å². The molecular weight excluding hydrogens is 429 g/mol. The minimum Gasteiger partial charge on any atom is -0.357 e. The Morgan fingerprint density at radius 3 is 2.42 bits per heavy atom. The minimum absolute atomic E-state index is 0.130. The van der Waals surface area contributed by atoms with E-state index in [9.17, 15) is 18.0 Å². The normalized spacial score (nSPS) is 18.2. The number of benzene rings is 1. The first-order valence-electron chi connectivity index (χ1n) is 11.6. The van der Waals surface area contributed by atoms with E-state index in [1.165, 1.54) is 25.3 Å². The van der Waals surface area contributed by atoms with E-state index in [0.29, 0.717) is 37.2 Å². The molecule has 33 heavy (non-hydrogen) atoms. The summed E-state index contributed by atoms with van der Waals surface area (Å²) in [5.41, 5.74) is 1.81. The van der Waals surface area contributed by atoms with Gasteiger partial charge in [0.15, 0.2) is 0 Å². The van der Waals surface area contributed by atoms with Crippen LogP contribution in [-0.4, -0.2) is 47.0 Å². The maximum absolute atomic E-state index is 13.4. The van der Waals surface area contributed by atoms with Crippen LogP contribution in [0.5, 0.6) is 0 Å². The van der Waals surface area contributed by atoms with Gasteiger partial charge in [0, 0.05) is 26.2 Å². The van der Waals surface area contributed by atoms with Crippen LogP contribution in [0.3, 0.4) is 0 Å². The molecule has 0 spiro atoms. The molecule has 1 amide bonds. The summed E-state index contributed by atoms with van der Waals surface area (Å²) in [6.45, 7) is 2.86. The van der Waals surface area contributed by atoms with Gasteiger partial charge in [0.05, 0.1) is 16.6 Å². The third-order valence-corrected chi connectivity index (χ3v) is 6.86. The largest absolute Gasteiger partial charge is 0.416 e. The number of hydrogen-bond donors (Lipinski definition) is 1. The lowest BCUT2D eigenvalue weighted by Crippen LogP contribution is -2.38. The predicted molar refractivity (Wildman–Crippen MR) is 121 cm³/mol. The summed E-state index contributed by atoms with van der Waals surface area (Å²) in [5.74, 6) is 0.600. The molecule has 3 aromatic rings. The molecule has 0 saturated carbocycles. The number of nitrogens with zero attached hydrogens (tertiary/aromatic N) is 3. The minimum atomic E-state index is -4.37. The van der Waals surface area contributed by atoms with Crippen molar-refractivity contribution >= 4 is 22.8 Å². The monoisotopic (exact) mass is 456 g/mol. The Bertz CT molecular complexity index is 1140. The van der Waals surface area contributed by atoms with Gasteiger partial charge in [0.2, 0.25) is 0 Å². The second-order valence-electron chi connectivity index (χ2n) is 8.98. The Labute approximate surface area is 190 Å². The molecule has 2 aliphatic heterocycles. The lowest BCUT2D eigenvalue weighted by Gasteiger charge is -2.33. The number of amides is 1. The van der Waals surface area contributed by atoms with E-state index in [1.54, 1.807) is 23.1 Å². The summed E-state index contributed by atoms with van der Waals surface area (Å²) in [6.07, 6.45) is 0.237. The molecule has 2 fully saturated rings. The number of pyridine rings is 1. The number of fused-ring (bicyclic) bond motifs is 1.